The molecule has 6 nitrogen and oxygen atoms in total. The maximum Gasteiger partial charge on any atom is 0.305 e. The fourth-order valence-corrected chi connectivity index (χ4v) is 0.865. The Morgan fingerprint density at radius 1 is 1.57 bits per heavy atom. The highest BCUT2D eigenvalue weighted by atomic mass is 16.5. The highest BCUT2D eigenvalue weighted by Gasteiger charge is 2.05. The molecule has 0 saturated heterocycles. The molecule has 0 unspecified atom stereocenters. The molecule has 6 heteroatoms. The number of amides is 1. The predicted molar refractivity (Wildman–Crippen MR) is 45.5 cm³/mol. The summed E-state index contributed by atoms with van der Waals surface area (Å²) >= 11 is 0. The quantitative estimate of drug-likeness (QED) is 0.683. The lowest BCUT2D eigenvalue weighted by Crippen LogP contribution is -2.27. The molecule has 0 atom stereocenters. The van der Waals surface area contributed by atoms with E-state index in [9.17, 15) is 9.59 Å². The molecule has 0 aromatic carbocycles. The van der Waals surface area contributed by atoms with Gasteiger partial charge in [0.05, 0.1) is 18.5 Å². The van der Waals surface area contributed by atoms with Gasteiger partial charge in [0.15, 0.2) is 0 Å². The monoisotopic (exact) mass is 198 g/mol. The van der Waals surface area contributed by atoms with Crippen molar-refractivity contribution in [3.63, 3.8) is 0 Å². The standard InChI is InChI=1S/C8H10N2O4/c11-7(9-3-1-8(12)13)5-6-2-4-14-10-6/h2,4H,1,3,5H2,(H,9,11)(H,12,13). The Labute approximate surface area is 79.9 Å². The van der Waals surface area contributed by atoms with E-state index in [-0.39, 0.29) is 25.3 Å². The second kappa shape index (κ2) is 5.00. The second-order valence-electron chi connectivity index (χ2n) is 2.66. The minimum atomic E-state index is -0.938. The van der Waals surface area contributed by atoms with Gasteiger partial charge < -0.3 is 14.9 Å². The number of carboxylic acids is 1. The highest BCUT2D eigenvalue weighted by molar-refractivity contribution is 5.78. The fourth-order valence-electron chi connectivity index (χ4n) is 0.865. The maximum atomic E-state index is 11.1. The average Bonchev–Trinajstić information content (AvgIpc) is 2.56. The van der Waals surface area contributed by atoms with E-state index in [1.807, 2.05) is 0 Å². The van der Waals surface area contributed by atoms with Crippen molar-refractivity contribution in [1.82, 2.24) is 10.5 Å². The van der Waals surface area contributed by atoms with Gasteiger partial charge in [-0.2, -0.15) is 0 Å². The molecule has 1 amide bonds. The third-order valence-corrected chi connectivity index (χ3v) is 1.49. The zero-order chi connectivity index (χ0) is 10.4. The van der Waals surface area contributed by atoms with E-state index >= 15 is 0 Å². The summed E-state index contributed by atoms with van der Waals surface area (Å²) in [6, 6.07) is 1.58. The molecule has 0 saturated carbocycles. The van der Waals surface area contributed by atoms with E-state index in [0.29, 0.717) is 5.69 Å². The fraction of sp³-hybridized carbons (Fsp3) is 0.375. The Morgan fingerprint density at radius 3 is 2.93 bits per heavy atom. The van der Waals surface area contributed by atoms with Crippen LogP contribution < -0.4 is 5.32 Å². The van der Waals surface area contributed by atoms with Gasteiger partial charge in [0, 0.05) is 12.6 Å². The number of aromatic nitrogens is 1. The largest absolute Gasteiger partial charge is 0.481 e. The molecular formula is C8H10N2O4. The zero-order valence-electron chi connectivity index (χ0n) is 7.40. The first-order valence-corrected chi connectivity index (χ1v) is 4.06. The summed E-state index contributed by atoms with van der Waals surface area (Å²) in [4.78, 5) is 21.2. The first-order valence-electron chi connectivity index (χ1n) is 4.06. The minimum Gasteiger partial charge on any atom is -0.481 e. The van der Waals surface area contributed by atoms with Gasteiger partial charge in [0.1, 0.15) is 6.26 Å². The number of aliphatic carboxylic acids is 1. The topological polar surface area (TPSA) is 92.4 Å². The number of nitrogens with zero attached hydrogens (tertiary/aromatic N) is 1. The van der Waals surface area contributed by atoms with Crippen LogP contribution in [0.15, 0.2) is 16.9 Å². The van der Waals surface area contributed by atoms with Crippen molar-refractivity contribution in [3.8, 4) is 0 Å². The van der Waals surface area contributed by atoms with Crippen LogP contribution in [-0.4, -0.2) is 28.7 Å². The van der Waals surface area contributed by atoms with Crippen molar-refractivity contribution in [1.29, 1.82) is 0 Å². The van der Waals surface area contributed by atoms with Crippen molar-refractivity contribution in [2.75, 3.05) is 6.54 Å². The first kappa shape index (κ1) is 10.2. The SMILES string of the molecule is O=C(O)CCNC(=O)Cc1ccon1. The third-order valence-electron chi connectivity index (χ3n) is 1.49. The average molecular weight is 198 g/mol. The molecule has 2 N–H and O–H groups in total. The van der Waals surface area contributed by atoms with Crippen molar-refractivity contribution >= 4 is 11.9 Å². The van der Waals surface area contributed by atoms with Crippen LogP contribution in [-0.2, 0) is 16.0 Å². The van der Waals surface area contributed by atoms with Gasteiger partial charge in [0.2, 0.25) is 5.91 Å². The van der Waals surface area contributed by atoms with Crippen LogP contribution in [0.25, 0.3) is 0 Å². The summed E-state index contributed by atoms with van der Waals surface area (Å²) in [6.45, 7) is 0.131. The molecule has 1 rings (SSSR count). The van der Waals surface area contributed by atoms with Crippen molar-refractivity contribution in [2.24, 2.45) is 0 Å². The lowest BCUT2D eigenvalue weighted by Gasteiger charge is -2.00. The molecule has 0 aliphatic rings. The van der Waals surface area contributed by atoms with Gasteiger partial charge in [-0.05, 0) is 0 Å². The minimum absolute atomic E-state index is 0.0788. The Hall–Kier alpha value is -1.85. The van der Waals surface area contributed by atoms with E-state index in [1.54, 1.807) is 6.07 Å². The van der Waals surface area contributed by atoms with Crippen molar-refractivity contribution in [2.45, 2.75) is 12.8 Å². The molecule has 76 valence electrons. The number of carbonyl (C=O) groups is 2. The molecule has 0 bridgehead atoms. The molecule has 1 heterocycles. The van der Waals surface area contributed by atoms with E-state index in [0.717, 1.165) is 0 Å². The van der Waals surface area contributed by atoms with Gasteiger partial charge in [-0.15, -0.1) is 0 Å². The Kier molecular flexibility index (Phi) is 3.66. The number of nitrogens with one attached hydrogen (secondary N) is 1. The lowest BCUT2D eigenvalue weighted by atomic mass is 10.3. The molecule has 14 heavy (non-hydrogen) atoms. The van der Waals surface area contributed by atoms with E-state index in [1.165, 1.54) is 6.26 Å². The maximum absolute atomic E-state index is 11.1. The summed E-state index contributed by atoms with van der Waals surface area (Å²) in [7, 11) is 0. The molecule has 0 aliphatic carbocycles. The normalized spacial score (nSPS) is 9.71. The van der Waals surface area contributed by atoms with Crippen molar-refractivity contribution < 1.29 is 19.2 Å². The van der Waals surface area contributed by atoms with Crippen LogP contribution in [0, 0.1) is 0 Å². The van der Waals surface area contributed by atoms with Crippen LogP contribution >= 0.6 is 0 Å². The summed E-state index contributed by atoms with van der Waals surface area (Å²) in [5.41, 5.74) is 0.526. The number of carboxylic acid groups (broad SMARTS) is 1. The van der Waals surface area contributed by atoms with E-state index in [2.05, 4.69) is 15.0 Å². The molecule has 0 spiro atoms. The third kappa shape index (κ3) is 3.70. The first-order chi connectivity index (χ1) is 6.68. The summed E-state index contributed by atoms with van der Waals surface area (Å²) in [5.74, 6) is -1.20. The zero-order valence-corrected chi connectivity index (χ0v) is 7.40. The van der Waals surface area contributed by atoms with Crippen molar-refractivity contribution in [3.05, 3.63) is 18.0 Å². The summed E-state index contributed by atoms with van der Waals surface area (Å²) < 4.78 is 4.53. The smallest absolute Gasteiger partial charge is 0.305 e. The van der Waals surface area contributed by atoms with E-state index in [4.69, 9.17) is 5.11 Å². The summed E-state index contributed by atoms with van der Waals surface area (Å²) in [6.07, 6.45) is 1.40. The number of carbonyl (C=O) groups excluding carboxylic acids is 1. The molecule has 0 fully saturated rings. The Morgan fingerprint density at radius 2 is 2.36 bits per heavy atom. The van der Waals surface area contributed by atoms with Gasteiger partial charge in [0.25, 0.3) is 0 Å². The van der Waals surface area contributed by atoms with Crippen LogP contribution in [0.4, 0.5) is 0 Å². The van der Waals surface area contributed by atoms with Crippen LogP contribution in [0.3, 0.4) is 0 Å². The van der Waals surface area contributed by atoms with Crippen LogP contribution in [0.1, 0.15) is 12.1 Å². The Bertz CT molecular complexity index is 307. The van der Waals surface area contributed by atoms with Gasteiger partial charge in [-0.3, -0.25) is 9.59 Å². The van der Waals surface area contributed by atoms with Gasteiger partial charge in [-0.25, -0.2) is 0 Å². The molecule has 0 aliphatic heterocycles. The van der Waals surface area contributed by atoms with Crippen LogP contribution in [0.2, 0.25) is 0 Å². The van der Waals surface area contributed by atoms with E-state index < -0.39 is 5.97 Å². The number of hydrogen-bond donors (Lipinski definition) is 2. The molecule has 1 aromatic rings. The predicted octanol–water partition coefficient (Wildman–Crippen LogP) is -0.192. The number of hydrogen-bond acceptors (Lipinski definition) is 4. The second-order valence-corrected chi connectivity index (χ2v) is 2.66. The number of rotatable bonds is 5. The lowest BCUT2D eigenvalue weighted by molar-refractivity contribution is -0.136. The van der Waals surface area contributed by atoms with Gasteiger partial charge >= 0.3 is 5.97 Å². The molecule has 0 radical (unpaired) electrons. The molecular weight excluding hydrogens is 188 g/mol. The Balaban J connectivity index is 2.20. The van der Waals surface area contributed by atoms with Crippen LogP contribution in [0.5, 0.6) is 0 Å². The van der Waals surface area contributed by atoms with Gasteiger partial charge in [-0.1, -0.05) is 5.16 Å². The highest BCUT2D eigenvalue weighted by Crippen LogP contribution is 1.94. The summed E-state index contributed by atoms with van der Waals surface area (Å²) in [5, 5.41) is 14.3. The molecule has 1 aromatic heterocycles.